The highest BCUT2D eigenvalue weighted by Gasteiger charge is 2.25. The van der Waals surface area contributed by atoms with Gasteiger partial charge >= 0.3 is 0 Å². The summed E-state index contributed by atoms with van der Waals surface area (Å²) in [5, 5.41) is 3.93. The second-order valence-corrected chi connectivity index (χ2v) is 8.97. The van der Waals surface area contributed by atoms with Crippen molar-refractivity contribution in [2.45, 2.75) is 11.4 Å². The number of ether oxygens (including phenoxy) is 2. The number of sulfonamides is 1. The Kier molecular flexibility index (Phi) is 7.11. The molecule has 32 heavy (non-hydrogen) atoms. The zero-order chi connectivity index (χ0) is 23.3. The molecule has 0 atom stereocenters. The van der Waals surface area contributed by atoms with Gasteiger partial charge in [-0.05, 0) is 36.4 Å². The van der Waals surface area contributed by atoms with Crippen LogP contribution >= 0.6 is 0 Å². The van der Waals surface area contributed by atoms with Gasteiger partial charge in [-0.3, -0.25) is 4.79 Å². The number of aromatic nitrogens is 2. The molecule has 1 amide bonds. The minimum Gasteiger partial charge on any atom is -0.497 e. The first-order chi connectivity index (χ1) is 15.2. The van der Waals surface area contributed by atoms with Crippen molar-refractivity contribution in [1.29, 1.82) is 0 Å². The highest BCUT2D eigenvalue weighted by Crippen LogP contribution is 2.22. The normalized spacial score (nSPS) is 11.4. The molecule has 0 spiro atoms. The fourth-order valence-corrected chi connectivity index (χ4v) is 3.93. The van der Waals surface area contributed by atoms with E-state index in [0.29, 0.717) is 22.9 Å². The van der Waals surface area contributed by atoms with Crippen molar-refractivity contribution < 1.29 is 27.2 Å². The number of rotatable bonds is 9. The first-order valence-electron chi connectivity index (χ1n) is 9.56. The van der Waals surface area contributed by atoms with Crippen LogP contribution in [-0.4, -0.2) is 68.5 Å². The van der Waals surface area contributed by atoms with Gasteiger partial charge in [0.15, 0.2) is 0 Å². The summed E-state index contributed by atoms with van der Waals surface area (Å²) in [4.78, 5) is 18.3. The van der Waals surface area contributed by atoms with Crippen LogP contribution in [0.1, 0.15) is 5.89 Å². The Morgan fingerprint density at radius 3 is 2.38 bits per heavy atom. The standard InChI is InChI=1S/C21H24N4O6S/c1-24(13-19-22-21(23-31-19)15-6-5-7-17(12-15)30-4)20(26)14-25(2)32(27,28)18-10-8-16(29-3)9-11-18/h5-12H,13-14H2,1-4H3. The SMILES string of the molecule is COc1ccc(S(=O)(=O)N(C)CC(=O)N(C)Cc2nc(-c3cccc(OC)c3)no2)cc1. The summed E-state index contributed by atoms with van der Waals surface area (Å²) in [5.74, 6) is 1.35. The van der Waals surface area contributed by atoms with Gasteiger partial charge in [0, 0.05) is 19.7 Å². The molecular weight excluding hydrogens is 436 g/mol. The van der Waals surface area contributed by atoms with E-state index in [1.54, 1.807) is 37.4 Å². The molecule has 0 unspecified atom stereocenters. The molecule has 0 radical (unpaired) electrons. The first-order valence-corrected chi connectivity index (χ1v) is 11.0. The lowest BCUT2D eigenvalue weighted by Crippen LogP contribution is -2.39. The van der Waals surface area contributed by atoms with E-state index in [9.17, 15) is 13.2 Å². The molecule has 0 aliphatic carbocycles. The monoisotopic (exact) mass is 460 g/mol. The number of likely N-dealkylation sites (N-methyl/N-ethyl adjacent to an activating group) is 2. The minimum atomic E-state index is -3.84. The Morgan fingerprint density at radius 2 is 1.72 bits per heavy atom. The number of methoxy groups -OCH3 is 2. The van der Waals surface area contributed by atoms with E-state index in [1.807, 2.05) is 6.07 Å². The molecule has 0 aliphatic rings. The van der Waals surface area contributed by atoms with Crippen molar-refractivity contribution in [3.05, 3.63) is 54.4 Å². The highest BCUT2D eigenvalue weighted by atomic mass is 32.2. The molecule has 0 bridgehead atoms. The van der Waals surface area contributed by atoms with E-state index in [4.69, 9.17) is 14.0 Å². The molecule has 2 aromatic carbocycles. The summed E-state index contributed by atoms with van der Waals surface area (Å²) in [6.45, 7) is -0.312. The minimum absolute atomic E-state index is 0.0340. The second-order valence-electron chi connectivity index (χ2n) is 6.93. The Hall–Kier alpha value is -3.44. The number of hydrogen-bond acceptors (Lipinski definition) is 8. The third-order valence-corrected chi connectivity index (χ3v) is 6.54. The molecule has 0 saturated heterocycles. The average Bonchev–Trinajstić information content (AvgIpc) is 3.27. The van der Waals surface area contributed by atoms with Gasteiger partial charge in [-0.2, -0.15) is 9.29 Å². The quantitative estimate of drug-likeness (QED) is 0.476. The maximum atomic E-state index is 12.7. The van der Waals surface area contributed by atoms with Crippen LogP contribution in [0.5, 0.6) is 11.5 Å². The maximum absolute atomic E-state index is 12.7. The van der Waals surface area contributed by atoms with E-state index in [1.165, 1.54) is 38.2 Å². The van der Waals surface area contributed by atoms with E-state index in [2.05, 4.69) is 10.1 Å². The van der Waals surface area contributed by atoms with Gasteiger partial charge in [0.1, 0.15) is 11.5 Å². The lowest BCUT2D eigenvalue weighted by Gasteiger charge is -2.20. The zero-order valence-corrected chi connectivity index (χ0v) is 19.0. The van der Waals surface area contributed by atoms with E-state index in [0.717, 1.165) is 4.31 Å². The van der Waals surface area contributed by atoms with Gasteiger partial charge in [0.2, 0.25) is 27.6 Å². The van der Waals surface area contributed by atoms with Crippen LogP contribution in [0.3, 0.4) is 0 Å². The number of nitrogens with zero attached hydrogens (tertiary/aromatic N) is 4. The first kappa shape index (κ1) is 23.2. The van der Waals surface area contributed by atoms with Gasteiger partial charge in [-0.15, -0.1) is 0 Å². The van der Waals surface area contributed by atoms with E-state index >= 15 is 0 Å². The predicted octanol–water partition coefficient (Wildman–Crippen LogP) is 2.03. The summed E-state index contributed by atoms with van der Waals surface area (Å²) < 4.78 is 41.9. The molecule has 0 aliphatic heterocycles. The third-order valence-electron chi connectivity index (χ3n) is 4.72. The Bertz CT molecular complexity index is 1180. The summed E-state index contributed by atoms with van der Waals surface area (Å²) in [6.07, 6.45) is 0. The molecule has 1 heterocycles. The Morgan fingerprint density at radius 1 is 1.03 bits per heavy atom. The summed E-state index contributed by atoms with van der Waals surface area (Å²) >= 11 is 0. The predicted molar refractivity (Wildman–Crippen MR) is 116 cm³/mol. The van der Waals surface area contributed by atoms with Crippen molar-refractivity contribution >= 4 is 15.9 Å². The molecule has 170 valence electrons. The lowest BCUT2D eigenvalue weighted by molar-refractivity contribution is -0.130. The molecule has 0 fully saturated rings. The van der Waals surface area contributed by atoms with Crippen molar-refractivity contribution in [2.75, 3.05) is 34.9 Å². The van der Waals surface area contributed by atoms with Gasteiger partial charge in [0.05, 0.1) is 32.2 Å². The number of benzene rings is 2. The van der Waals surface area contributed by atoms with Crippen molar-refractivity contribution in [2.24, 2.45) is 0 Å². The van der Waals surface area contributed by atoms with Crippen LogP contribution in [0.25, 0.3) is 11.4 Å². The summed E-state index contributed by atoms with van der Waals surface area (Å²) in [6, 6.07) is 13.1. The van der Waals surface area contributed by atoms with Gasteiger partial charge in [-0.1, -0.05) is 17.3 Å². The van der Waals surface area contributed by atoms with Crippen LogP contribution in [-0.2, 0) is 21.4 Å². The van der Waals surface area contributed by atoms with Crippen molar-refractivity contribution in [3.8, 4) is 22.9 Å². The van der Waals surface area contributed by atoms with Crippen LogP contribution in [0.4, 0.5) is 0 Å². The average molecular weight is 461 g/mol. The Balaban J connectivity index is 1.63. The molecule has 3 aromatic rings. The van der Waals surface area contributed by atoms with Crippen LogP contribution in [0.15, 0.2) is 57.9 Å². The van der Waals surface area contributed by atoms with Crippen LogP contribution < -0.4 is 9.47 Å². The third kappa shape index (κ3) is 5.24. The molecular formula is C21H24N4O6S. The van der Waals surface area contributed by atoms with Gasteiger partial charge < -0.3 is 18.9 Å². The van der Waals surface area contributed by atoms with Crippen LogP contribution in [0, 0.1) is 0 Å². The van der Waals surface area contributed by atoms with E-state index < -0.39 is 15.9 Å². The highest BCUT2D eigenvalue weighted by molar-refractivity contribution is 7.89. The largest absolute Gasteiger partial charge is 0.497 e. The van der Waals surface area contributed by atoms with Gasteiger partial charge in [0.25, 0.3) is 0 Å². The molecule has 11 heteroatoms. The maximum Gasteiger partial charge on any atom is 0.246 e. The van der Waals surface area contributed by atoms with Crippen molar-refractivity contribution in [3.63, 3.8) is 0 Å². The number of carbonyl (C=O) groups excluding carboxylic acids is 1. The lowest BCUT2D eigenvalue weighted by atomic mass is 10.2. The molecule has 0 saturated carbocycles. The molecule has 1 aromatic heterocycles. The fraction of sp³-hybridized carbons (Fsp3) is 0.286. The van der Waals surface area contributed by atoms with E-state index in [-0.39, 0.29) is 23.9 Å². The van der Waals surface area contributed by atoms with Crippen molar-refractivity contribution in [1.82, 2.24) is 19.3 Å². The number of hydrogen-bond donors (Lipinski definition) is 0. The fourth-order valence-electron chi connectivity index (χ4n) is 2.81. The van der Waals surface area contributed by atoms with Gasteiger partial charge in [-0.25, -0.2) is 8.42 Å². The zero-order valence-electron chi connectivity index (χ0n) is 18.2. The number of carbonyl (C=O) groups is 1. The van der Waals surface area contributed by atoms with Crippen LogP contribution in [0.2, 0.25) is 0 Å². The summed E-state index contributed by atoms with van der Waals surface area (Å²) in [5.41, 5.74) is 0.707. The number of amides is 1. The molecule has 10 nitrogen and oxygen atoms in total. The smallest absolute Gasteiger partial charge is 0.246 e. The molecule has 3 rings (SSSR count). The molecule has 0 N–H and O–H groups in total. The topological polar surface area (TPSA) is 115 Å². The summed E-state index contributed by atoms with van der Waals surface area (Å²) in [7, 11) is 2.10. The Labute approximate surface area is 186 Å². The second kappa shape index (κ2) is 9.79.